The van der Waals surface area contributed by atoms with E-state index in [1.807, 2.05) is 34.1 Å². The first-order valence-electron chi connectivity index (χ1n) is 23.1. The number of benzene rings is 4. The predicted molar refractivity (Wildman–Crippen MR) is 261 cm³/mol. The van der Waals surface area contributed by atoms with Crippen molar-refractivity contribution in [3.63, 3.8) is 0 Å². The van der Waals surface area contributed by atoms with Crippen LogP contribution in [0.1, 0.15) is 33.6 Å². The van der Waals surface area contributed by atoms with Gasteiger partial charge in [-0.05, 0) is 97.5 Å². The molecule has 4 saturated heterocycles. The van der Waals surface area contributed by atoms with Gasteiger partial charge in [0.25, 0.3) is 31.9 Å². The molecule has 2 N–H and O–H groups in total. The Morgan fingerprint density at radius 1 is 0.515 bits per heavy atom. The summed E-state index contributed by atoms with van der Waals surface area (Å²) in [6.07, 6.45) is 5.38. The van der Waals surface area contributed by atoms with Crippen molar-refractivity contribution in [2.45, 2.75) is 22.6 Å². The first-order valence-corrected chi connectivity index (χ1v) is 26.1. The molecule has 0 radical (unpaired) electrons. The van der Waals surface area contributed by atoms with Gasteiger partial charge in [-0.25, -0.2) is 16.8 Å². The van der Waals surface area contributed by atoms with E-state index in [-0.39, 0.29) is 21.6 Å². The van der Waals surface area contributed by atoms with Crippen LogP contribution in [0, 0.1) is 11.8 Å². The zero-order valence-corrected chi connectivity index (χ0v) is 39.4. The second kappa shape index (κ2) is 21.1. The summed E-state index contributed by atoms with van der Waals surface area (Å²) in [5, 5.41) is 1.51. The number of aromatic nitrogens is 2. The zero-order valence-electron chi connectivity index (χ0n) is 37.8. The third kappa shape index (κ3) is 11.3. The van der Waals surface area contributed by atoms with Crippen LogP contribution in [-0.2, 0) is 29.5 Å². The number of carbonyl (C=O) groups is 2. The molecule has 4 aliphatic rings. The number of sulfonamides is 2. The van der Waals surface area contributed by atoms with Crippen molar-refractivity contribution in [3.05, 3.63) is 133 Å². The van der Waals surface area contributed by atoms with E-state index in [4.69, 9.17) is 9.47 Å². The van der Waals surface area contributed by atoms with Crippen LogP contribution in [0.5, 0.6) is 0 Å². The highest BCUT2D eigenvalue weighted by atomic mass is 32.2. The maximum Gasteiger partial charge on any atom is 0.264 e. The molecule has 2 amide bonds. The van der Waals surface area contributed by atoms with E-state index in [0.717, 1.165) is 89.3 Å². The van der Waals surface area contributed by atoms with E-state index >= 15 is 0 Å². The van der Waals surface area contributed by atoms with Crippen LogP contribution in [0.2, 0.25) is 0 Å². The van der Waals surface area contributed by atoms with E-state index in [9.17, 15) is 26.4 Å². The number of hydrogen-bond acceptors (Lipinski definition) is 12. The van der Waals surface area contributed by atoms with Crippen molar-refractivity contribution in [3.8, 4) is 0 Å². The Bertz CT molecular complexity index is 2720. The van der Waals surface area contributed by atoms with Crippen LogP contribution in [0.3, 0.4) is 0 Å². The molecule has 4 aromatic carbocycles. The van der Waals surface area contributed by atoms with Gasteiger partial charge in [0.2, 0.25) is 0 Å². The van der Waals surface area contributed by atoms with Gasteiger partial charge in [0.1, 0.15) is 9.79 Å². The lowest BCUT2D eigenvalue weighted by Gasteiger charge is -2.35. The summed E-state index contributed by atoms with van der Waals surface area (Å²) >= 11 is 0. The van der Waals surface area contributed by atoms with Gasteiger partial charge >= 0.3 is 0 Å². The molecule has 0 aliphatic carbocycles. The molecule has 68 heavy (non-hydrogen) atoms. The Morgan fingerprint density at radius 3 is 1.26 bits per heavy atom. The largest absolute Gasteiger partial charge is 0.381 e. The Balaban J connectivity index is 0.000000170. The molecular weight excluding hydrogens is 905 g/mol. The smallest absolute Gasteiger partial charge is 0.264 e. The lowest BCUT2D eigenvalue weighted by Crippen LogP contribution is -2.49. The molecule has 0 bridgehead atoms. The summed E-state index contributed by atoms with van der Waals surface area (Å²) in [7, 11) is -7.66. The van der Waals surface area contributed by atoms with Crippen molar-refractivity contribution in [1.29, 1.82) is 0 Å². The number of hydrogen-bond donors (Lipinski definition) is 2. The molecule has 10 rings (SSSR count). The third-order valence-electron chi connectivity index (χ3n) is 12.9. The van der Waals surface area contributed by atoms with Crippen LogP contribution >= 0.6 is 0 Å². The number of nitrogens with zero attached hydrogens (tertiary/aromatic N) is 6. The lowest BCUT2D eigenvalue weighted by atomic mass is 10.1. The number of pyridine rings is 2. The number of amides is 2. The van der Waals surface area contributed by atoms with Gasteiger partial charge in [-0.15, -0.1) is 0 Å². The topological polar surface area (TPSA) is 184 Å². The molecule has 4 aliphatic heterocycles. The first kappa shape index (κ1) is 47.1. The molecule has 2 aromatic heterocycles. The molecular formula is C50H56N8O8S2. The van der Waals surface area contributed by atoms with E-state index in [1.165, 1.54) is 12.1 Å². The summed E-state index contributed by atoms with van der Waals surface area (Å²) in [6.45, 7) is 11.6. The molecule has 6 heterocycles. The monoisotopic (exact) mass is 960 g/mol. The Hall–Kier alpha value is -6.02. The molecule has 16 nitrogen and oxygen atoms in total. The van der Waals surface area contributed by atoms with Gasteiger partial charge < -0.3 is 19.3 Å². The highest BCUT2D eigenvalue weighted by molar-refractivity contribution is 7.93. The SMILES string of the molecule is O=C(c1ccc(NS(=O)(=O)c2cccc3cccnc23)cc1)N1CCN(C[C@@H]2CCOC2)CC1.O=C(c1ccc(NS(=O)(=O)c2cccc3cccnc23)cc1)N1CCN(C[C@H]2CCOC2)CC1. The molecule has 0 saturated carbocycles. The lowest BCUT2D eigenvalue weighted by molar-refractivity contribution is 0.0605. The molecule has 6 aromatic rings. The van der Waals surface area contributed by atoms with E-state index < -0.39 is 20.0 Å². The van der Waals surface area contributed by atoms with E-state index in [2.05, 4.69) is 29.2 Å². The van der Waals surface area contributed by atoms with Crippen LogP contribution in [0.15, 0.2) is 131 Å². The normalized spacial score (nSPS) is 19.4. The predicted octanol–water partition coefficient (Wildman–Crippen LogP) is 5.66. The average molecular weight is 961 g/mol. The molecule has 2 atom stereocenters. The summed E-state index contributed by atoms with van der Waals surface area (Å²) in [5.74, 6) is 1.14. The van der Waals surface area contributed by atoms with Gasteiger partial charge in [0.05, 0.1) is 24.2 Å². The second-order valence-corrected chi connectivity index (χ2v) is 21.0. The number of rotatable bonds is 12. The quantitative estimate of drug-likeness (QED) is 0.154. The fraction of sp³-hybridized carbons (Fsp3) is 0.360. The second-order valence-electron chi connectivity index (χ2n) is 17.7. The number of ether oxygens (including phenoxy) is 2. The van der Waals surface area contributed by atoms with Crippen LogP contribution < -0.4 is 9.44 Å². The summed E-state index contributed by atoms with van der Waals surface area (Å²) < 4.78 is 68.1. The number of nitrogens with one attached hydrogen (secondary N) is 2. The number of carbonyl (C=O) groups excluding carboxylic acids is 2. The van der Waals surface area contributed by atoms with Gasteiger partial charge in [-0.3, -0.25) is 38.8 Å². The van der Waals surface area contributed by atoms with Gasteiger partial charge in [0.15, 0.2) is 0 Å². The summed E-state index contributed by atoms with van der Waals surface area (Å²) in [6, 6.07) is 30.5. The summed E-state index contributed by atoms with van der Waals surface area (Å²) in [5.41, 5.74) is 2.73. The zero-order chi connectivity index (χ0) is 47.1. The average Bonchev–Trinajstić information content (AvgIpc) is 4.09. The first-order chi connectivity index (χ1) is 33.0. The maximum atomic E-state index is 13.0. The molecule has 0 spiro atoms. The minimum absolute atomic E-state index is 0.0310. The van der Waals surface area contributed by atoms with Crippen LogP contribution in [-0.4, -0.2) is 150 Å². The van der Waals surface area contributed by atoms with Crippen molar-refractivity contribution < 1.29 is 35.9 Å². The molecule has 0 unspecified atom stereocenters. The number of anilines is 2. The van der Waals surface area contributed by atoms with Crippen LogP contribution in [0.25, 0.3) is 21.8 Å². The van der Waals surface area contributed by atoms with Gasteiger partial charge in [-0.1, -0.05) is 36.4 Å². The number of piperazine rings is 2. The maximum absolute atomic E-state index is 13.0. The van der Waals surface area contributed by atoms with Crippen LogP contribution in [0.4, 0.5) is 11.4 Å². The minimum atomic E-state index is -3.83. The van der Waals surface area contributed by atoms with Gasteiger partial charge in [-0.2, -0.15) is 0 Å². The number of fused-ring (bicyclic) bond motifs is 2. The van der Waals surface area contributed by atoms with Crippen molar-refractivity contribution >= 4 is 65.0 Å². The van der Waals surface area contributed by atoms with Crippen molar-refractivity contribution in [2.75, 3.05) is 101 Å². The third-order valence-corrected chi connectivity index (χ3v) is 15.8. The Morgan fingerprint density at radius 2 is 0.897 bits per heavy atom. The fourth-order valence-corrected chi connectivity index (χ4v) is 11.7. The Kier molecular flexibility index (Phi) is 14.6. The van der Waals surface area contributed by atoms with E-state index in [1.54, 1.807) is 85.2 Å². The van der Waals surface area contributed by atoms with Gasteiger partial charge in [0, 0.05) is 124 Å². The number of para-hydroxylation sites is 2. The summed E-state index contributed by atoms with van der Waals surface area (Å²) in [4.78, 5) is 43.2. The molecule has 18 heteroatoms. The fourth-order valence-electron chi connectivity index (χ4n) is 9.19. The van der Waals surface area contributed by atoms with Crippen molar-refractivity contribution in [2.24, 2.45) is 11.8 Å². The van der Waals surface area contributed by atoms with Crippen molar-refractivity contribution in [1.82, 2.24) is 29.6 Å². The standard InChI is InChI=1S/2C25H28N4O4S/c2*30-25(29-14-12-28(13-15-29)17-19-10-16-33-18-19)21-6-8-22(9-7-21)27-34(31,32)23-5-1-3-20-4-2-11-26-24(20)23/h2*1-9,11,19,27H,10,12-18H2/t2*19-/m10/s1. The van der Waals surface area contributed by atoms with E-state index in [0.29, 0.717) is 71.5 Å². The highest BCUT2D eigenvalue weighted by Gasteiger charge is 2.28. The molecule has 356 valence electrons. The Labute approximate surface area is 397 Å². The molecule has 4 fully saturated rings. The minimum Gasteiger partial charge on any atom is -0.381 e. The highest BCUT2D eigenvalue weighted by Crippen LogP contribution is 2.26.